The molecule has 3 nitrogen and oxygen atoms in total. The molecule has 0 spiro atoms. The van der Waals surface area contributed by atoms with E-state index in [0.29, 0.717) is 5.69 Å². The number of Topliss-reactive ketones (excluding diaryl/α,β-unsaturated/α-hetero) is 1. The number of nitrogens with zero attached hydrogens (tertiary/aromatic N) is 1. The summed E-state index contributed by atoms with van der Waals surface area (Å²) < 4.78 is 4.75. The van der Waals surface area contributed by atoms with Gasteiger partial charge in [0, 0.05) is 7.11 Å². The molecule has 14 heavy (non-hydrogen) atoms. The first kappa shape index (κ1) is 10.6. The predicted octanol–water partition coefficient (Wildman–Crippen LogP) is 1.94. The standard InChI is InChI=1S/C11H13NO2/c1-8(2)9-5-4-6-10(12-9)11(13)7-14-3/h4-6H,1,7H2,2-3H3. The highest BCUT2D eigenvalue weighted by molar-refractivity contribution is 5.95. The van der Waals surface area contributed by atoms with Crippen LogP contribution in [0, 0.1) is 0 Å². The van der Waals surface area contributed by atoms with Crippen molar-refractivity contribution >= 4 is 11.4 Å². The minimum absolute atomic E-state index is 0.0621. The largest absolute Gasteiger partial charge is 0.376 e. The molecule has 0 aliphatic rings. The molecule has 1 heterocycles. The molecule has 0 saturated carbocycles. The molecule has 3 heteroatoms. The second kappa shape index (κ2) is 4.67. The Balaban J connectivity index is 2.93. The van der Waals surface area contributed by atoms with Crippen molar-refractivity contribution < 1.29 is 9.53 Å². The molecule has 0 atom stereocenters. The molecule has 1 aromatic heterocycles. The van der Waals surface area contributed by atoms with E-state index in [2.05, 4.69) is 11.6 Å². The zero-order valence-electron chi connectivity index (χ0n) is 8.41. The Morgan fingerprint density at radius 3 is 2.71 bits per heavy atom. The van der Waals surface area contributed by atoms with E-state index < -0.39 is 0 Å². The molecule has 0 aliphatic heterocycles. The average Bonchev–Trinajstić information content (AvgIpc) is 2.18. The van der Waals surface area contributed by atoms with Gasteiger partial charge in [-0.15, -0.1) is 0 Å². The molecule has 0 bridgehead atoms. The lowest BCUT2D eigenvalue weighted by Crippen LogP contribution is -2.09. The van der Waals surface area contributed by atoms with Crippen LogP contribution in [0.2, 0.25) is 0 Å². The fraction of sp³-hybridized carbons (Fsp3) is 0.273. The number of ketones is 1. The van der Waals surface area contributed by atoms with Crippen molar-refractivity contribution in [3.05, 3.63) is 36.2 Å². The van der Waals surface area contributed by atoms with E-state index >= 15 is 0 Å². The molecule has 0 aromatic carbocycles. The summed E-state index contributed by atoms with van der Waals surface area (Å²) in [5.41, 5.74) is 2.01. The van der Waals surface area contributed by atoms with Gasteiger partial charge in [-0.1, -0.05) is 12.6 Å². The molecule has 0 amide bonds. The van der Waals surface area contributed by atoms with Crippen LogP contribution in [0.15, 0.2) is 24.8 Å². The van der Waals surface area contributed by atoms with E-state index in [-0.39, 0.29) is 12.4 Å². The summed E-state index contributed by atoms with van der Waals surface area (Å²) in [6.07, 6.45) is 0. The number of hydrogen-bond donors (Lipinski definition) is 0. The van der Waals surface area contributed by atoms with E-state index in [4.69, 9.17) is 4.74 Å². The Morgan fingerprint density at radius 1 is 1.50 bits per heavy atom. The SMILES string of the molecule is C=C(C)c1cccc(C(=O)COC)n1. The van der Waals surface area contributed by atoms with Crippen molar-refractivity contribution in [3.8, 4) is 0 Å². The molecule has 1 aromatic rings. The summed E-state index contributed by atoms with van der Waals surface area (Å²) >= 11 is 0. The van der Waals surface area contributed by atoms with Crippen molar-refractivity contribution in [2.75, 3.05) is 13.7 Å². The first-order valence-corrected chi connectivity index (χ1v) is 4.30. The van der Waals surface area contributed by atoms with Crippen molar-refractivity contribution in [1.29, 1.82) is 0 Å². The summed E-state index contributed by atoms with van der Waals surface area (Å²) in [4.78, 5) is 15.6. The molecule has 0 saturated heterocycles. The summed E-state index contributed by atoms with van der Waals surface area (Å²) in [6, 6.07) is 5.29. The zero-order valence-corrected chi connectivity index (χ0v) is 8.41. The van der Waals surface area contributed by atoms with Crippen LogP contribution in [-0.4, -0.2) is 24.5 Å². The van der Waals surface area contributed by atoms with Crippen LogP contribution >= 0.6 is 0 Å². The fourth-order valence-corrected chi connectivity index (χ4v) is 1.03. The lowest BCUT2D eigenvalue weighted by Gasteiger charge is -2.02. The quantitative estimate of drug-likeness (QED) is 0.683. The predicted molar refractivity (Wildman–Crippen MR) is 55.2 cm³/mol. The van der Waals surface area contributed by atoms with E-state index in [1.54, 1.807) is 12.1 Å². The van der Waals surface area contributed by atoms with E-state index in [0.717, 1.165) is 11.3 Å². The Labute approximate surface area is 83.4 Å². The Morgan fingerprint density at radius 2 is 2.14 bits per heavy atom. The third kappa shape index (κ3) is 2.50. The van der Waals surface area contributed by atoms with Gasteiger partial charge >= 0.3 is 0 Å². The second-order valence-electron chi connectivity index (χ2n) is 3.04. The van der Waals surface area contributed by atoms with Gasteiger partial charge < -0.3 is 4.74 Å². The molecular formula is C11H13NO2. The van der Waals surface area contributed by atoms with Gasteiger partial charge in [-0.2, -0.15) is 0 Å². The molecule has 0 fully saturated rings. The van der Waals surface area contributed by atoms with Crippen LogP contribution < -0.4 is 0 Å². The van der Waals surface area contributed by atoms with Crippen LogP contribution in [0.5, 0.6) is 0 Å². The third-order valence-electron chi connectivity index (χ3n) is 1.75. The number of methoxy groups -OCH3 is 1. The highest BCUT2D eigenvalue weighted by Gasteiger charge is 2.07. The van der Waals surface area contributed by atoms with Crippen molar-refractivity contribution in [1.82, 2.24) is 4.98 Å². The number of rotatable bonds is 4. The monoisotopic (exact) mass is 191 g/mol. The lowest BCUT2D eigenvalue weighted by atomic mass is 10.2. The molecule has 74 valence electrons. The van der Waals surface area contributed by atoms with Gasteiger partial charge in [-0.25, -0.2) is 4.98 Å². The number of carbonyl (C=O) groups is 1. The summed E-state index contributed by atoms with van der Waals surface area (Å²) in [5, 5.41) is 0. The molecular weight excluding hydrogens is 178 g/mol. The zero-order chi connectivity index (χ0) is 10.6. The number of aromatic nitrogens is 1. The molecule has 0 unspecified atom stereocenters. The van der Waals surface area contributed by atoms with Crippen LogP contribution in [0.3, 0.4) is 0 Å². The molecule has 0 aliphatic carbocycles. The van der Waals surface area contributed by atoms with Crippen molar-refractivity contribution in [2.45, 2.75) is 6.92 Å². The molecule has 0 N–H and O–H groups in total. The molecule has 0 radical (unpaired) electrons. The van der Waals surface area contributed by atoms with Gasteiger partial charge in [0.1, 0.15) is 12.3 Å². The smallest absolute Gasteiger partial charge is 0.206 e. The van der Waals surface area contributed by atoms with Crippen LogP contribution in [0.25, 0.3) is 5.57 Å². The van der Waals surface area contributed by atoms with E-state index in [9.17, 15) is 4.79 Å². The average molecular weight is 191 g/mol. The van der Waals surface area contributed by atoms with Gasteiger partial charge in [0.25, 0.3) is 0 Å². The van der Waals surface area contributed by atoms with Crippen LogP contribution in [0.1, 0.15) is 23.1 Å². The van der Waals surface area contributed by atoms with Gasteiger partial charge in [-0.3, -0.25) is 4.79 Å². The minimum atomic E-state index is -0.115. The summed E-state index contributed by atoms with van der Waals surface area (Å²) in [6.45, 7) is 5.68. The van der Waals surface area contributed by atoms with Crippen molar-refractivity contribution in [2.24, 2.45) is 0 Å². The third-order valence-corrected chi connectivity index (χ3v) is 1.75. The van der Waals surface area contributed by atoms with Crippen LogP contribution in [0.4, 0.5) is 0 Å². The maximum Gasteiger partial charge on any atom is 0.206 e. The second-order valence-corrected chi connectivity index (χ2v) is 3.04. The van der Waals surface area contributed by atoms with E-state index in [1.165, 1.54) is 7.11 Å². The number of hydrogen-bond acceptors (Lipinski definition) is 3. The van der Waals surface area contributed by atoms with Gasteiger partial charge in [0.05, 0.1) is 5.69 Å². The fourth-order valence-electron chi connectivity index (χ4n) is 1.03. The first-order chi connectivity index (χ1) is 6.65. The van der Waals surface area contributed by atoms with Gasteiger partial charge in [0.15, 0.2) is 0 Å². The number of allylic oxidation sites excluding steroid dienone is 1. The highest BCUT2D eigenvalue weighted by Crippen LogP contribution is 2.09. The Bertz CT molecular complexity index is 358. The lowest BCUT2D eigenvalue weighted by molar-refractivity contribution is 0.0843. The summed E-state index contributed by atoms with van der Waals surface area (Å²) in [7, 11) is 1.49. The van der Waals surface area contributed by atoms with E-state index in [1.807, 2.05) is 13.0 Å². The minimum Gasteiger partial charge on any atom is -0.376 e. The van der Waals surface area contributed by atoms with Gasteiger partial charge in [0.2, 0.25) is 5.78 Å². The number of carbonyl (C=O) groups excluding carboxylic acids is 1. The summed E-state index contributed by atoms with van der Waals surface area (Å²) in [5.74, 6) is -0.115. The first-order valence-electron chi connectivity index (χ1n) is 4.30. The maximum absolute atomic E-state index is 11.4. The number of ether oxygens (including phenoxy) is 1. The number of pyridine rings is 1. The molecule has 1 rings (SSSR count). The van der Waals surface area contributed by atoms with Gasteiger partial charge in [-0.05, 0) is 24.6 Å². The highest BCUT2D eigenvalue weighted by atomic mass is 16.5. The topological polar surface area (TPSA) is 39.2 Å². The Hall–Kier alpha value is -1.48. The maximum atomic E-state index is 11.4. The van der Waals surface area contributed by atoms with Crippen LogP contribution in [-0.2, 0) is 4.74 Å². The Kier molecular flexibility index (Phi) is 3.54. The normalized spacial score (nSPS) is 9.86. The van der Waals surface area contributed by atoms with Crippen molar-refractivity contribution in [3.63, 3.8) is 0 Å².